The maximum absolute atomic E-state index is 13.3. The Balaban J connectivity index is 0.961. The number of carbonyl (C=O) groups is 2. The Hall–Kier alpha value is -7.03. The monoisotopic (exact) mass is 838 g/mol. The fraction of sp³-hybridized carbons (Fsp3) is 0.209. The summed E-state index contributed by atoms with van der Waals surface area (Å²) in [5.74, 6) is 0.426. The molecule has 0 bridgehead atoms. The smallest absolute Gasteiger partial charge is 0.308 e. The molecule has 0 saturated heterocycles. The van der Waals surface area contributed by atoms with E-state index in [1.54, 1.807) is 48.7 Å². The van der Waals surface area contributed by atoms with Crippen molar-refractivity contribution < 1.29 is 22.7 Å². The summed E-state index contributed by atoms with van der Waals surface area (Å²) in [5, 5.41) is 22.7. The number of aliphatic imine (C=N–C) groups is 1. The number of aryl methyl sites for hydroxylation is 3. The van der Waals surface area contributed by atoms with Gasteiger partial charge in [-0.3, -0.25) is 28.9 Å². The van der Waals surface area contributed by atoms with Gasteiger partial charge in [0.2, 0.25) is 0 Å². The van der Waals surface area contributed by atoms with Crippen molar-refractivity contribution in [3.63, 3.8) is 0 Å². The van der Waals surface area contributed by atoms with Gasteiger partial charge in [-0.25, -0.2) is 13.4 Å². The minimum Gasteiger partial charge on any atom is -0.469 e. The van der Waals surface area contributed by atoms with Gasteiger partial charge in [0.15, 0.2) is 5.82 Å². The number of benzene rings is 3. The number of esters is 1. The first-order valence-corrected chi connectivity index (χ1v) is 21.1. The molecule has 7 aromatic rings. The van der Waals surface area contributed by atoms with Gasteiger partial charge in [-0.1, -0.05) is 42.5 Å². The lowest BCUT2D eigenvalue weighted by molar-refractivity contribution is -0.141. The molecular weight excluding hydrogens is 801 g/mol. The molecule has 2 atom stereocenters. The second-order valence-corrected chi connectivity index (χ2v) is 17.3. The molecule has 0 aliphatic carbocycles. The minimum absolute atomic E-state index is 0.00542. The average Bonchev–Trinajstić information content (AvgIpc) is 3.92. The van der Waals surface area contributed by atoms with Crippen molar-refractivity contribution in [3.05, 3.63) is 135 Å². The number of rotatable bonds is 10. The van der Waals surface area contributed by atoms with Crippen molar-refractivity contribution in [3.8, 4) is 22.3 Å². The van der Waals surface area contributed by atoms with Gasteiger partial charge in [0.1, 0.15) is 28.6 Å². The van der Waals surface area contributed by atoms with Crippen LogP contribution in [0, 0.1) is 39.0 Å². The molecule has 302 valence electrons. The maximum Gasteiger partial charge on any atom is 0.308 e. The lowest BCUT2D eigenvalue weighted by Gasteiger charge is -2.15. The number of amides is 1. The van der Waals surface area contributed by atoms with E-state index in [0.717, 1.165) is 43.4 Å². The Kier molecular flexibility index (Phi) is 10.4. The molecule has 3 aromatic carbocycles. The number of fused-ring (bicyclic) bond motifs is 4. The van der Waals surface area contributed by atoms with E-state index in [-0.39, 0.29) is 17.0 Å². The topological polar surface area (TPSA) is 210 Å². The molecule has 0 fully saturated rings. The summed E-state index contributed by atoms with van der Waals surface area (Å²) in [7, 11) is -2.62. The SMILES string of the molecule is COC(=O)C[C@@H]1N=C(c2ccc(-c3cnc(C(=O)N[C@H](C)c4ccc(S(=O)(=O)Nc5ccc(C)c6c(C#N)c[nH]c56)cc4)cn3)cc2)c2c(sc(C)c2C)-n2c(C)nnc21. The molecule has 0 unspecified atom stereocenters. The highest BCUT2D eigenvalue weighted by atomic mass is 32.2. The molecule has 1 amide bonds. The Labute approximate surface area is 349 Å². The summed E-state index contributed by atoms with van der Waals surface area (Å²) in [6.45, 7) is 9.65. The molecule has 0 saturated carbocycles. The number of H-pyrrole nitrogens is 1. The zero-order valence-corrected chi connectivity index (χ0v) is 35.0. The average molecular weight is 839 g/mol. The molecule has 1 aliphatic rings. The van der Waals surface area contributed by atoms with E-state index in [1.165, 1.54) is 31.6 Å². The van der Waals surface area contributed by atoms with Gasteiger partial charge < -0.3 is 15.0 Å². The van der Waals surface area contributed by atoms with Crippen LogP contribution in [-0.4, -0.2) is 62.8 Å². The Bertz CT molecular complexity index is 3010. The van der Waals surface area contributed by atoms with E-state index in [2.05, 4.69) is 55.1 Å². The summed E-state index contributed by atoms with van der Waals surface area (Å²) in [6, 6.07) is 18.4. The van der Waals surface area contributed by atoms with Crippen LogP contribution in [0.1, 0.15) is 85.8 Å². The number of hydrogen-bond acceptors (Lipinski definition) is 12. The third-order valence-corrected chi connectivity index (χ3v) is 13.2. The fourth-order valence-electron chi connectivity index (χ4n) is 7.25. The van der Waals surface area contributed by atoms with Gasteiger partial charge >= 0.3 is 5.97 Å². The summed E-state index contributed by atoms with van der Waals surface area (Å²) in [5.41, 5.74) is 7.85. The third-order valence-electron chi connectivity index (χ3n) is 10.6. The summed E-state index contributed by atoms with van der Waals surface area (Å²) >= 11 is 1.63. The Morgan fingerprint density at radius 3 is 2.40 bits per heavy atom. The quantitative estimate of drug-likeness (QED) is 0.119. The van der Waals surface area contributed by atoms with Crippen molar-refractivity contribution in [2.24, 2.45) is 4.99 Å². The van der Waals surface area contributed by atoms with Gasteiger partial charge in [-0.15, -0.1) is 21.5 Å². The minimum atomic E-state index is -3.97. The van der Waals surface area contributed by atoms with Gasteiger partial charge in [0.05, 0.1) is 65.0 Å². The van der Waals surface area contributed by atoms with Crippen molar-refractivity contribution >= 4 is 55.5 Å². The number of methoxy groups -OCH3 is 1. The van der Waals surface area contributed by atoms with E-state index in [9.17, 15) is 23.3 Å². The number of ether oxygens (including phenoxy) is 1. The van der Waals surface area contributed by atoms with E-state index in [0.29, 0.717) is 45.1 Å². The highest BCUT2D eigenvalue weighted by molar-refractivity contribution is 7.92. The number of sulfonamides is 1. The number of nitrogens with zero attached hydrogens (tertiary/aromatic N) is 7. The van der Waals surface area contributed by atoms with Crippen LogP contribution in [-0.2, 0) is 19.6 Å². The van der Waals surface area contributed by atoms with Crippen LogP contribution >= 0.6 is 11.3 Å². The zero-order chi connectivity index (χ0) is 42.5. The highest BCUT2D eigenvalue weighted by Crippen LogP contribution is 2.40. The largest absolute Gasteiger partial charge is 0.469 e. The van der Waals surface area contributed by atoms with Crippen molar-refractivity contribution in [2.45, 2.75) is 58.0 Å². The Morgan fingerprint density at radius 2 is 1.72 bits per heavy atom. The van der Waals surface area contributed by atoms with Gasteiger partial charge in [-0.05, 0) is 69.5 Å². The molecule has 17 heteroatoms. The molecule has 15 nitrogen and oxygen atoms in total. The number of aromatic amines is 1. The normalized spacial score (nSPS) is 14.0. The lowest BCUT2D eigenvalue weighted by atomic mass is 9.98. The van der Waals surface area contributed by atoms with Crippen LogP contribution in [0.4, 0.5) is 5.69 Å². The number of nitrogens with one attached hydrogen (secondary N) is 3. The number of carbonyl (C=O) groups excluding carboxylic acids is 2. The molecule has 8 rings (SSSR count). The van der Waals surface area contributed by atoms with Crippen molar-refractivity contribution in [1.82, 2.24) is 35.0 Å². The fourth-order valence-corrected chi connectivity index (χ4v) is 9.53. The number of anilines is 1. The summed E-state index contributed by atoms with van der Waals surface area (Å²) < 4.78 is 36.3. The molecule has 1 aliphatic heterocycles. The van der Waals surface area contributed by atoms with Crippen LogP contribution in [0.2, 0.25) is 0 Å². The lowest BCUT2D eigenvalue weighted by Crippen LogP contribution is -2.27. The molecule has 60 heavy (non-hydrogen) atoms. The maximum atomic E-state index is 13.3. The second-order valence-electron chi connectivity index (χ2n) is 14.4. The van der Waals surface area contributed by atoms with Crippen LogP contribution in [0.15, 0.2) is 89.1 Å². The third kappa shape index (κ3) is 7.20. The van der Waals surface area contributed by atoms with Crippen molar-refractivity contribution in [2.75, 3.05) is 11.8 Å². The number of nitriles is 1. The Morgan fingerprint density at radius 1 is 0.983 bits per heavy atom. The number of hydrogen-bond donors (Lipinski definition) is 3. The summed E-state index contributed by atoms with van der Waals surface area (Å²) in [6.07, 6.45) is 4.50. The van der Waals surface area contributed by atoms with Crippen LogP contribution in [0.25, 0.3) is 27.2 Å². The number of aromatic nitrogens is 6. The van der Waals surface area contributed by atoms with Gasteiger partial charge in [-0.2, -0.15) is 5.26 Å². The first kappa shape index (κ1) is 39.8. The van der Waals surface area contributed by atoms with Crippen LogP contribution < -0.4 is 10.0 Å². The standard InChI is InChI=1S/C43H38N10O5S2/c1-22-7-16-32(40-37(22)30(18-44)19-47-40)52-60(56,57)31-14-12-27(13-15-31)24(3)48-42(55)35-21-45-34(20-46-35)28-8-10-29(11-9-28)39-38-23(2)25(4)59-43(38)53-26(5)50-51-41(53)33(49-39)17-36(54)58-6/h7-16,19-21,24,33,47,52H,17H2,1-6H3,(H,48,55)/t24-,33+/m1/s1. The highest BCUT2D eigenvalue weighted by Gasteiger charge is 2.33. The van der Waals surface area contributed by atoms with Gasteiger partial charge in [0, 0.05) is 33.2 Å². The zero-order valence-electron chi connectivity index (χ0n) is 33.4. The molecule has 3 N–H and O–H groups in total. The molecule has 4 aromatic heterocycles. The molecular formula is C43H38N10O5S2. The molecule has 5 heterocycles. The van der Waals surface area contributed by atoms with E-state index < -0.39 is 34.0 Å². The predicted octanol–water partition coefficient (Wildman–Crippen LogP) is 7.12. The summed E-state index contributed by atoms with van der Waals surface area (Å²) in [4.78, 5) is 43.9. The first-order chi connectivity index (χ1) is 28.8. The van der Waals surface area contributed by atoms with Crippen molar-refractivity contribution in [1.29, 1.82) is 5.26 Å². The van der Waals surface area contributed by atoms with Crippen LogP contribution in [0.3, 0.4) is 0 Å². The first-order valence-electron chi connectivity index (χ1n) is 18.8. The second kappa shape index (κ2) is 15.6. The number of thiophene rings is 1. The van der Waals surface area contributed by atoms with E-state index in [1.807, 2.05) is 42.7 Å². The molecule has 0 radical (unpaired) electrons. The van der Waals surface area contributed by atoms with Crippen LogP contribution in [0.5, 0.6) is 0 Å². The van der Waals surface area contributed by atoms with Gasteiger partial charge in [0.25, 0.3) is 15.9 Å². The predicted molar refractivity (Wildman–Crippen MR) is 227 cm³/mol. The molecule has 0 spiro atoms. The van der Waals surface area contributed by atoms with E-state index >= 15 is 0 Å². The van der Waals surface area contributed by atoms with E-state index in [4.69, 9.17) is 9.73 Å².